The molecule has 0 unspecified atom stereocenters. The van der Waals surface area contributed by atoms with Crippen LogP contribution in [0, 0.1) is 13.8 Å². The Morgan fingerprint density at radius 3 is 1.31 bits per heavy atom. The van der Waals surface area contributed by atoms with Gasteiger partial charge in [0.2, 0.25) is 0 Å². The molecular formula is C41H42O4. The van der Waals surface area contributed by atoms with E-state index in [9.17, 15) is 9.59 Å². The van der Waals surface area contributed by atoms with Crippen LogP contribution < -0.4 is 0 Å². The van der Waals surface area contributed by atoms with Crippen LogP contribution in [0.1, 0.15) is 86.1 Å². The van der Waals surface area contributed by atoms with E-state index in [2.05, 4.69) is 98.8 Å². The van der Waals surface area contributed by atoms with E-state index in [4.69, 9.17) is 9.47 Å². The van der Waals surface area contributed by atoms with Gasteiger partial charge in [-0.25, -0.2) is 9.59 Å². The lowest BCUT2D eigenvalue weighted by Crippen LogP contribution is -2.31. The summed E-state index contributed by atoms with van der Waals surface area (Å²) >= 11 is 0. The van der Waals surface area contributed by atoms with Gasteiger partial charge >= 0.3 is 11.9 Å². The summed E-state index contributed by atoms with van der Waals surface area (Å²) in [5.41, 5.74) is 8.71. The zero-order chi connectivity index (χ0) is 32.6. The molecule has 4 aromatic rings. The van der Waals surface area contributed by atoms with Crippen LogP contribution in [0.2, 0.25) is 0 Å². The van der Waals surface area contributed by atoms with E-state index in [0.717, 1.165) is 55.6 Å². The summed E-state index contributed by atoms with van der Waals surface area (Å²) < 4.78 is 11.2. The van der Waals surface area contributed by atoms with Gasteiger partial charge in [0.15, 0.2) is 0 Å². The summed E-state index contributed by atoms with van der Waals surface area (Å²) in [6.07, 6.45) is 6.75. The molecule has 0 saturated carbocycles. The van der Waals surface area contributed by atoms with Gasteiger partial charge in [0.25, 0.3) is 0 Å². The summed E-state index contributed by atoms with van der Waals surface area (Å²) in [5, 5.41) is 0. The monoisotopic (exact) mass is 598 g/mol. The lowest BCUT2D eigenvalue weighted by Gasteiger charge is -2.37. The molecule has 45 heavy (non-hydrogen) atoms. The van der Waals surface area contributed by atoms with Crippen LogP contribution in [0.25, 0.3) is 23.3 Å². The Labute approximate surface area is 267 Å². The second-order valence-electron chi connectivity index (χ2n) is 13.8. The van der Waals surface area contributed by atoms with Gasteiger partial charge in [0.1, 0.15) is 11.2 Å². The van der Waals surface area contributed by atoms with Crippen molar-refractivity contribution in [2.24, 2.45) is 0 Å². The number of aryl methyl sites for hydroxylation is 2. The molecule has 1 aliphatic carbocycles. The Morgan fingerprint density at radius 1 is 0.556 bits per heavy atom. The highest BCUT2D eigenvalue weighted by Gasteiger charge is 2.47. The average Bonchev–Trinajstić information content (AvgIpc) is 3.25. The molecular weight excluding hydrogens is 556 g/mol. The van der Waals surface area contributed by atoms with Crippen molar-refractivity contribution in [1.82, 2.24) is 0 Å². The molecule has 0 aliphatic heterocycles. The van der Waals surface area contributed by atoms with Gasteiger partial charge < -0.3 is 9.47 Å². The largest absolute Gasteiger partial charge is 0.457 e. The van der Waals surface area contributed by atoms with Crippen molar-refractivity contribution in [3.05, 3.63) is 142 Å². The van der Waals surface area contributed by atoms with Crippen LogP contribution in [0.3, 0.4) is 0 Å². The van der Waals surface area contributed by atoms with Crippen molar-refractivity contribution in [3.8, 4) is 11.1 Å². The number of hydrogen-bond donors (Lipinski definition) is 0. The molecule has 0 fully saturated rings. The predicted octanol–water partition coefficient (Wildman–Crippen LogP) is 9.38. The van der Waals surface area contributed by atoms with Gasteiger partial charge in [0, 0.05) is 12.2 Å². The zero-order valence-corrected chi connectivity index (χ0v) is 27.5. The second-order valence-corrected chi connectivity index (χ2v) is 13.8. The highest BCUT2D eigenvalue weighted by molar-refractivity contribution is 5.92. The molecule has 0 heterocycles. The molecule has 0 atom stereocenters. The van der Waals surface area contributed by atoms with Crippen molar-refractivity contribution in [3.63, 3.8) is 0 Å². The Morgan fingerprint density at radius 2 is 0.933 bits per heavy atom. The number of carbonyl (C=O) groups excluding carboxylic acids is 2. The summed E-state index contributed by atoms with van der Waals surface area (Å²) in [6.45, 7) is 15.4. The van der Waals surface area contributed by atoms with Crippen LogP contribution in [0.4, 0.5) is 0 Å². The van der Waals surface area contributed by atoms with Crippen molar-refractivity contribution >= 4 is 24.1 Å². The minimum Gasteiger partial charge on any atom is -0.457 e. The fourth-order valence-corrected chi connectivity index (χ4v) is 6.23. The number of fused-ring (bicyclic) bond motifs is 3. The minimum absolute atomic E-state index is 0.396. The lowest BCUT2D eigenvalue weighted by molar-refractivity contribution is -0.149. The van der Waals surface area contributed by atoms with Crippen molar-refractivity contribution < 1.29 is 19.1 Å². The normalized spacial score (nSPS) is 14.0. The van der Waals surface area contributed by atoms with E-state index in [1.54, 1.807) is 0 Å². The Hall–Kier alpha value is -4.70. The molecule has 0 saturated heterocycles. The number of rotatable bonds is 6. The first kappa shape index (κ1) is 31.7. The maximum Gasteiger partial charge on any atom is 0.331 e. The minimum atomic E-state index is -0.758. The summed E-state index contributed by atoms with van der Waals surface area (Å²) in [7, 11) is 0. The maximum atomic E-state index is 12.9. The molecule has 0 radical (unpaired) electrons. The molecule has 4 aromatic carbocycles. The smallest absolute Gasteiger partial charge is 0.331 e. The van der Waals surface area contributed by atoms with E-state index in [0.29, 0.717) is 0 Å². The van der Waals surface area contributed by atoms with Gasteiger partial charge in [-0.2, -0.15) is 0 Å². The number of ether oxygens (including phenoxy) is 2. The zero-order valence-electron chi connectivity index (χ0n) is 27.5. The SMILES string of the molecule is Cc1ccc(C=CC(=O)OC(C)(C)C)c(C2(c3cc(C)ccc3C=CC(=O)OC(C)(C)C)c3ccccc3-c3ccccc32)c1. The van der Waals surface area contributed by atoms with E-state index >= 15 is 0 Å². The second kappa shape index (κ2) is 12.0. The standard InChI is InChI=1S/C41H42O4/c1-27-17-19-29(21-23-37(42)44-39(3,4)5)35(25-27)41(33-15-11-9-13-31(33)32-14-10-12-16-34(32)41)36-26-28(2)18-20-30(36)22-24-38(43)45-40(6,7)8/h9-26H,1-8H3. The van der Waals surface area contributed by atoms with E-state index in [-0.39, 0.29) is 0 Å². The highest BCUT2D eigenvalue weighted by atomic mass is 16.6. The third-order valence-corrected chi connectivity index (χ3v) is 7.79. The van der Waals surface area contributed by atoms with Crippen LogP contribution >= 0.6 is 0 Å². The van der Waals surface area contributed by atoms with Gasteiger partial charge in [-0.15, -0.1) is 0 Å². The fourth-order valence-electron chi connectivity index (χ4n) is 6.23. The molecule has 4 nitrogen and oxygen atoms in total. The molecule has 5 rings (SSSR count). The van der Waals surface area contributed by atoms with Crippen LogP contribution in [0.5, 0.6) is 0 Å². The topological polar surface area (TPSA) is 52.6 Å². The third-order valence-electron chi connectivity index (χ3n) is 7.79. The number of carbonyl (C=O) groups is 2. The van der Waals surface area contributed by atoms with Gasteiger partial charge in [-0.05, 0) is 112 Å². The lowest BCUT2D eigenvalue weighted by atomic mass is 9.64. The maximum absolute atomic E-state index is 12.9. The molecule has 0 amide bonds. The first-order valence-electron chi connectivity index (χ1n) is 15.4. The van der Waals surface area contributed by atoms with Crippen molar-refractivity contribution in [2.75, 3.05) is 0 Å². The summed E-state index contributed by atoms with van der Waals surface area (Å²) in [6, 6.07) is 29.8. The van der Waals surface area contributed by atoms with Crippen molar-refractivity contribution in [2.45, 2.75) is 72.0 Å². The molecule has 0 spiro atoms. The van der Waals surface area contributed by atoms with Crippen LogP contribution in [-0.2, 0) is 24.5 Å². The van der Waals surface area contributed by atoms with Gasteiger partial charge in [-0.1, -0.05) is 96.1 Å². The first-order valence-corrected chi connectivity index (χ1v) is 15.4. The van der Waals surface area contributed by atoms with E-state index < -0.39 is 28.6 Å². The fraction of sp³-hybridized carbons (Fsp3) is 0.268. The van der Waals surface area contributed by atoms with E-state index in [1.807, 2.05) is 53.7 Å². The third kappa shape index (κ3) is 6.56. The molecule has 4 heteroatoms. The van der Waals surface area contributed by atoms with Gasteiger partial charge in [0.05, 0.1) is 5.41 Å². The highest BCUT2D eigenvalue weighted by Crippen LogP contribution is 2.57. The Bertz CT molecular complexity index is 1690. The number of benzene rings is 4. The number of hydrogen-bond acceptors (Lipinski definition) is 4. The molecule has 0 aromatic heterocycles. The number of esters is 2. The summed E-state index contributed by atoms with van der Waals surface area (Å²) in [4.78, 5) is 25.7. The van der Waals surface area contributed by atoms with Gasteiger partial charge in [-0.3, -0.25) is 0 Å². The molecule has 0 bridgehead atoms. The van der Waals surface area contributed by atoms with E-state index in [1.165, 1.54) is 12.2 Å². The van der Waals surface area contributed by atoms with Crippen molar-refractivity contribution in [1.29, 1.82) is 0 Å². The Balaban J connectivity index is 1.84. The summed E-state index contributed by atoms with van der Waals surface area (Å²) in [5.74, 6) is -0.793. The molecule has 0 N–H and O–H groups in total. The Kier molecular flexibility index (Phi) is 8.46. The predicted molar refractivity (Wildman–Crippen MR) is 183 cm³/mol. The quantitative estimate of drug-likeness (QED) is 0.144. The van der Waals surface area contributed by atoms with Crippen LogP contribution in [0.15, 0.2) is 97.1 Å². The molecule has 1 aliphatic rings. The van der Waals surface area contributed by atoms with Crippen LogP contribution in [-0.4, -0.2) is 23.1 Å². The first-order chi connectivity index (χ1) is 21.2. The average molecular weight is 599 g/mol. The molecule has 230 valence electrons.